The van der Waals surface area contributed by atoms with Crippen LogP contribution >= 0.6 is 0 Å². The van der Waals surface area contributed by atoms with Crippen LogP contribution in [0.1, 0.15) is 29.2 Å². The molecule has 1 aromatic carbocycles. The lowest BCUT2D eigenvalue weighted by atomic mass is 10.1. The van der Waals surface area contributed by atoms with E-state index in [1.54, 1.807) is 4.57 Å². The number of esters is 1. The number of nitrogens with zero attached hydrogens (tertiary/aromatic N) is 2. The van der Waals surface area contributed by atoms with Gasteiger partial charge in [-0.15, -0.1) is 0 Å². The minimum Gasteiger partial charge on any atom is -0.465 e. The van der Waals surface area contributed by atoms with E-state index in [0.29, 0.717) is 10.9 Å². The zero-order valence-corrected chi connectivity index (χ0v) is 10.4. The Bertz CT molecular complexity index is 732. The Morgan fingerprint density at radius 1 is 1.47 bits per heavy atom. The summed E-state index contributed by atoms with van der Waals surface area (Å²) in [5.74, 6) is -0.535. The van der Waals surface area contributed by atoms with E-state index >= 15 is 0 Å². The minimum absolute atomic E-state index is 0.115. The number of rotatable bonds is 2. The molecule has 1 aliphatic carbocycles. The van der Waals surface area contributed by atoms with Crippen molar-refractivity contribution < 1.29 is 9.53 Å². The molecule has 0 unspecified atom stereocenters. The monoisotopic (exact) mass is 259 g/mol. The summed E-state index contributed by atoms with van der Waals surface area (Å²) in [6.07, 6.45) is 3.53. The van der Waals surface area contributed by atoms with Gasteiger partial charge in [-0.3, -0.25) is 9.36 Å². The zero-order valence-electron chi connectivity index (χ0n) is 10.4. The highest BCUT2D eigenvalue weighted by molar-refractivity contribution is 6.00. The van der Waals surface area contributed by atoms with Crippen molar-refractivity contribution in [1.82, 2.24) is 9.55 Å². The van der Waals surface area contributed by atoms with Crippen LogP contribution in [0.25, 0.3) is 10.9 Å². The molecule has 3 rings (SSSR count). The molecule has 2 N–H and O–H groups in total. The number of nitrogens with two attached hydrogens (primary N) is 1. The van der Waals surface area contributed by atoms with Crippen molar-refractivity contribution in [3.05, 3.63) is 34.4 Å². The van der Waals surface area contributed by atoms with Gasteiger partial charge in [0.2, 0.25) is 0 Å². The molecule has 6 heteroatoms. The third kappa shape index (κ3) is 1.85. The molecular formula is C13H13N3O3. The molecule has 1 aliphatic rings. The van der Waals surface area contributed by atoms with Crippen molar-refractivity contribution >= 4 is 22.6 Å². The number of anilines is 1. The molecule has 2 aromatic rings. The summed E-state index contributed by atoms with van der Waals surface area (Å²) < 4.78 is 6.26. The summed E-state index contributed by atoms with van der Waals surface area (Å²) in [5.41, 5.74) is 6.59. The molecule has 19 heavy (non-hydrogen) atoms. The average molecular weight is 259 g/mol. The number of carbonyl (C=O) groups excluding carboxylic acids is 1. The van der Waals surface area contributed by atoms with Crippen LogP contribution in [-0.4, -0.2) is 22.6 Å². The largest absolute Gasteiger partial charge is 0.465 e. The first-order valence-corrected chi connectivity index (χ1v) is 6.00. The number of fused-ring (bicyclic) bond motifs is 1. The fraction of sp³-hybridized carbons (Fsp3) is 0.308. The number of aromatic nitrogens is 2. The lowest BCUT2D eigenvalue weighted by Gasteiger charge is -2.08. The van der Waals surface area contributed by atoms with E-state index < -0.39 is 5.97 Å². The van der Waals surface area contributed by atoms with Crippen molar-refractivity contribution in [2.75, 3.05) is 12.8 Å². The van der Waals surface area contributed by atoms with Crippen LogP contribution in [-0.2, 0) is 4.74 Å². The number of hydrogen-bond acceptors (Lipinski definition) is 5. The average Bonchev–Trinajstić information content (AvgIpc) is 3.23. The van der Waals surface area contributed by atoms with Crippen LogP contribution in [0.3, 0.4) is 0 Å². The third-order valence-electron chi connectivity index (χ3n) is 3.30. The first-order valence-electron chi connectivity index (χ1n) is 6.00. The molecule has 0 bridgehead atoms. The van der Waals surface area contributed by atoms with E-state index in [2.05, 4.69) is 9.72 Å². The Balaban J connectivity index is 2.23. The second-order valence-corrected chi connectivity index (χ2v) is 4.64. The van der Waals surface area contributed by atoms with Gasteiger partial charge < -0.3 is 10.5 Å². The predicted molar refractivity (Wildman–Crippen MR) is 70.0 cm³/mol. The van der Waals surface area contributed by atoms with Gasteiger partial charge in [0.05, 0.1) is 29.9 Å². The summed E-state index contributed by atoms with van der Waals surface area (Å²) in [5, 5.41) is 0.430. The van der Waals surface area contributed by atoms with Gasteiger partial charge in [-0.05, 0) is 25.0 Å². The summed E-state index contributed by atoms with van der Waals surface area (Å²) >= 11 is 0. The van der Waals surface area contributed by atoms with Crippen molar-refractivity contribution in [2.45, 2.75) is 18.9 Å². The standard InChI is InChI=1S/C13H13N3O3/c1-19-13(18)8-5-11-9(4-10(8)14)12(17)16(6-15-11)7-2-3-7/h4-7H,2-3,14H2,1H3. The molecule has 0 saturated heterocycles. The van der Waals surface area contributed by atoms with Crippen LogP contribution in [0, 0.1) is 0 Å². The Hall–Kier alpha value is -2.37. The Morgan fingerprint density at radius 3 is 2.84 bits per heavy atom. The van der Waals surface area contributed by atoms with Crippen LogP contribution in [0.5, 0.6) is 0 Å². The molecule has 0 radical (unpaired) electrons. The Labute approximate surface area is 108 Å². The first kappa shape index (κ1) is 11.7. The predicted octanol–water partition coefficient (Wildman–Crippen LogP) is 1.10. The highest BCUT2D eigenvalue weighted by Crippen LogP contribution is 2.33. The molecule has 0 aliphatic heterocycles. The number of benzene rings is 1. The number of ether oxygens (including phenoxy) is 1. The minimum atomic E-state index is -0.535. The Morgan fingerprint density at radius 2 is 2.21 bits per heavy atom. The lowest BCUT2D eigenvalue weighted by molar-refractivity contribution is 0.0602. The van der Waals surface area contributed by atoms with Gasteiger partial charge in [-0.1, -0.05) is 0 Å². The van der Waals surface area contributed by atoms with Gasteiger partial charge in [0.25, 0.3) is 5.56 Å². The summed E-state index contributed by atoms with van der Waals surface area (Å²) in [6, 6.07) is 3.25. The first-order chi connectivity index (χ1) is 9.11. The smallest absolute Gasteiger partial charge is 0.340 e. The van der Waals surface area contributed by atoms with Gasteiger partial charge in [0.15, 0.2) is 0 Å². The van der Waals surface area contributed by atoms with Gasteiger partial charge in [-0.25, -0.2) is 9.78 Å². The molecule has 1 heterocycles. The van der Waals surface area contributed by atoms with Crippen molar-refractivity contribution in [2.24, 2.45) is 0 Å². The van der Waals surface area contributed by atoms with Crippen LogP contribution in [0.2, 0.25) is 0 Å². The lowest BCUT2D eigenvalue weighted by Crippen LogP contribution is -2.20. The van der Waals surface area contributed by atoms with E-state index in [4.69, 9.17) is 5.73 Å². The molecule has 0 spiro atoms. The molecule has 6 nitrogen and oxygen atoms in total. The maximum Gasteiger partial charge on any atom is 0.340 e. The normalized spacial score (nSPS) is 14.6. The van der Waals surface area contributed by atoms with Gasteiger partial charge in [0.1, 0.15) is 0 Å². The molecule has 0 atom stereocenters. The molecule has 1 aromatic heterocycles. The quantitative estimate of drug-likeness (QED) is 0.644. The van der Waals surface area contributed by atoms with Crippen molar-refractivity contribution in [3.63, 3.8) is 0 Å². The van der Waals surface area contributed by atoms with E-state index in [9.17, 15) is 9.59 Å². The molecule has 1 fully saturated rings. The molecule has 98 valence electrons. The SMILES string of the molecule is COC(=O)c1cc2ncn(C3CC3)c(=O)c2cc1N. The van der Waals surface area contributed by atoms with Crippen molar-refractivity contribution in [1.29, 1.82) is 0 Å². The van der Waals surface area contributed by atoms with Crippen molar-refractivity contribution in [3.8, 4) is 0 Å². The Kier molecular flexibility index (Phi) is 2.51. The topological polar surface area (TPSA) is 87.2 Å². The highest BCUT2D eigenvalue weighted by atomic mass is 16.5. The fourth-order valence-electron chi connectivity index (χ4n) is 2.10. The summed E-state index contributed by atoms with van der Waals surface area (Å²) in [7, 11) is 1.28. The maximum atomic E-state index is 12.3. The van der Waals surface area contributed by atoms with E-state index in [1.165, 1.54) is 25.6 Å². The van der Waals surface area contributed by atoms with Gasteiger partial charge in [0, 0.05) is 11.7 Å². The second kappa shape index (κ2) is 4.08. The second-order valence-electron chi connectivity index (χ2n) is 4.64. The van der Waals surface area contributed by atoms with Crippen LogP contribution in [0.4, 0.5) is 5.69 Å². The molecular weight excluding hydrogens is 246 g/mol. The van der Waals surface area contributed by atoms with E-state index in [1.807, 2.05) is 0 Å². The molecule has 1 saturated carbocycles. The maximum absolute atomic E-state index is 12.3. The number of carbonyl (C=O) groups is 1. The summed E-state index contributed by atoms with van der Waals surface area (Å²) in [4.78, 5) is 28.0. The van der Waals surface area contributed by atoms with Crippen LogP contribution < -0.4 is 11.3 Å². The zero-order chi connectivity index (χ0) is 13.6. The number of nitrogen functional groups attached to an aromatic ring is 1. The van der Waals surface area contributed by atoms with E-state index in [-0.39, 0.29) is 22.9 Å². The highest BCUT2D eigenvalue weighted by Gasteiger charge is 2.25. The van der Waals surface area contributed by atoms with Crippen LogP contribution in [0.15, 0.2) is 23.3 Å². The number of methoxy groups -OCH3 is 1. The van der Waals surface area contributed by atoms with Gasteiger partial charge in [-0.2, -0.15) is 0 Å². The van der Waals surface area contributed by atoms with E-state index in [0.717, 1.165) is 12.8 Å². The molecule has 0 amide bonds. The van der Waals surface area contributed by atoms with Gasteiger partial charge >= 0.3 is 5.97 Å². The third-order valence-corrected chi connectivity index (χ3v) is 3.30. The summed E-state index contributed by atoms with van der Waals surface area (Å²) in [6.45, 7) is 0. The fourth-order valence-corrected chi connectivity index (χ4v) is 2.10. The number of hydrogen-bond donors (Lipinski definition) is 1.